The molecule has 1 unspecified atom stereocenters. The minimum absolute atomic E-state index is 0.0613. The average Bonchev–Trinajstić information content (AvgIpc) is 2.74. The minimum atomic E-state index is 0.0613. The molecule has 0 fully saturated rings. The molecule has 15 heavy (non-hydrogen) atoms. The topological polar surface area (TPSA) is 0 Å². The highest BCUT2D eigenvalue weighted by Gasteiger charge is 2.09. The summed E-state index contributed by atoms with van der Waals surface area (Å²) in [6.45, 7) is 0. The van der Waals surface area contributed by atoms with E-state index < -0.39 is 0 Å². The highest BCUT2D eigenvalue weighted by Crippen LogP contribution is 2.28. The summed E-state index contributed by atoms with van der Waals surface area (Å²) < 4.78 is 0. The number of hydrogen-bond acceptors (Lipinski definition) is 1. The lowest BCUT2D eigenvalue weighted by Crippen LogP contribution is -1.92. The molecule has 1 aromatic carbocycles. The third-order valence-electron chi connectivity index (χ3n) is 2.18. The molecule has 0 aliphatic rings. The fourth-order valence-corrected chi connectivity index (χ4v) is 2.63. The first-order valence-electron chi connectivity index (χ1n) is 4.67. The number of thiophene rings is 1. The zero-order chi connectivity index (χ0) is 10.7. The third-order valence-corrected chi connectivity index (χ3v) is 3.94. The first-order chi connectivity index (χ1) is 7.25. The van der Waals surface area contributed by atoms with Crippen LogP contribution >= 0.6 is 34.5 Å². The largest absolute Gasteiger partial charge is 0.147 e. The molecule has 2 rings (SSSR count). The van der Waals surface area contributed by atoms with E-state index in [1.165, 1.54) is 10.4 Å². The number of alkyl halides is 1. The van der Waals surface area contributed by atoms with Crippen LogP contribution in [0.15, 0.2) is 41.8 Å². The van der Waals surface area contributed by atoms with Crippen molar-refractivity contribution >= 4 is 34.5 Å². The molecule has 3 heteroatoms. The van der Waals surface area contributed by atoms with Crippen LogP contribution in [0.25, 0.3) is 0 Å². The Labute approximate surface area is 103 Å². The first-order valence-corrected chi connectivity index (χ1v) is 6.37. The van der Waals surface area contributed by atoms with Crippen LogP contribution in [-0.4, -0.2) is 0 Å². The summed E-state index contributed by atoms with van der Waals surface area (Å²) in [5, 5.41) is 2.87. The van der Waals surface area contributed by atoms with Gasteiger partial charge in [-0.05, 0) is 35.6 Å². The molecule has 78 valence electrons. The Morgan fingerprint density at radius 3 is 2.47 bits per heavy atom. The zero-order valence-corrected chi connectivity index (χ0v) is 10.3. The molecule has 0 saturated carbocycles. The highest BCUT2D eigenvalue weighted by molar-refractivity contribution is 7.10. The fraction of sp³-hybridized carbons (Fsp3) is 0.167. The van der Waals surface area contributed by atoms with Gasteiger partial charge in [0.25, 0.3) is 0 Å². The standard InChI is InChI=1S/C12H10Cl2S/c13-10-5-3-9(4-6-10)8-11(14)12-2-1-7-15-12/h1-7,11H,8H2. The molecule has 0 aliphatic heterocycles. The van der Waals surface area contributed by atoms with E-state index in [0.29, 0.717) is 0 Å². The van der Waals surface area contributed by atoms with Crippen LogP contribution in [0.2, 0.25) is 5.02 Å². The summed E-state index contributed by atoms with van der Waals surface area (Å²) in [5.74, 6) is 0. The monoisotopic (exact) mass is 256 g/mol. The van der Waals surface area contributed by atoms with Crippen LogP contribution in [0.4, 0.5) is 0 Å². The molecular formula is C12H10Cl2S. The Morgan fingerprint density at radius 1 is 1.13 bits per heavy atom. The van der Waals surface area contributed by atoms with E-state index in [4.69, 9.17) is 23.2 Å². The van der Waals surface area contributed by atoms with Crippen molar-refractivity contribution in [3.05, 3.63) is 57.2 Å². The zero-order valence-electron chi connectivity index (χ0n) is 7.99. The SMILES string of the molecule is Clc1ccc(CC(Cl)c2cccs2)cc1. The second-order valence-electron chi connectivity index (χ2n) is 3.31. The van der Waals surface area contributed by atoms with Crippen LogP contribution in [0.5, 0.6) is 0 Å². The van der Waals surface area contributed by atoms with E-state index in [9.17, 15) is 0 Å². The lowest BCUT2D eigenvalue weighted by Gasteiger charge is -2.07. The van der Waals surface area contributed by atoms with Gasteiger partial charge in [0.2, 0.25) is 0 Å². The van der Waals surface area contributed by atoms with Crippen LogP contribution < -0.4 is 0 Å². The molecule has 0 amide bonds. The van der Waals surface area contributed by atoms with Crippen molar-refractivity contribution in [1.82, 2.24) is 0 Å². The van der Waals surface area contributed by atoms with E-state index in [1.807, 2.05) is 35.7 Å². The van der Waals surface area contributed by atoms with Crippen LogP contribution in [0.3, 0.4) is 0 Å². The van der Waals surface area contributed by atoms with E-state index in [0.717, 1.165) is 11.4 Å². The smallest absolute Gasteiger partial charge is 0.0718 e. The number of hydrogen-bond donors (Lipinski definition) is 0. The van der Waals surface area contributed by atoms with Crippen molar-refractivity contribution in [2.75, 3.05) is 0 Å². The second kappa shape index (κ2) is 5.02. The van der Waals surface area contributed by atoms with Crippen molar-refractivity contribution in [1.29, 1.82) is 0 Å². The first kappa shape index (κ1) is 11.0. The molecule has 1 heterocycles. The summed E-state index contributed by atoms with van der Waals surface area (Å²) in [6, 6.07) is 11.9. The molecule has 0 saturated heterocycles. The van der Waals surface area contributed by atoms with E-state index in [-0.39, 0.29) is 5.38 Å². The molecule has 0 N–H and O–H groups in total. The van der Waals surface area contributed by atoms with Crippen molar-refractivity contribution in [2.24, 2.45) is 0 Å². The van der Waals surface area contributed by atoms with Gasteiger partial charge in [-0.25, -0.2) is 0 Å². The molecule has 1 atom stereocenters. The van der Waals surface area contributed by atoms with Crippen LogP contribution in [0, 0.1) is 0 Å². The summed E-state index contributed by atoms with van der Waals surface area (Å²) >= 11 is 13.8. The molecule has 0 bridgehead atoms. The van der Waals surface area contributed by atoms with Gasteiger partial charge in [0.05, 0.1) is 5.38 Å². The maximum absolute atomic E-state index is 6.30. The second-order valence-corrected chi connectivity index (χ2v) is 5.26. The van der Waals surface area contributed by atoms with Gasteiger partial charge >= 0.3 is 0 Å². The summed E-state index contributed by atoms with van der Waals surface area (Å²) in [4.78, 5) is 1.21. The number of rotatable bonds is 3. The van der Waals surface area contributed by atoms with Crippen molar-refractivity contribution in [2.45, 2.75) is 11.8 Å². The summed E-state index contributed by atoms with van der Waals surface area (Å²) in [5.41, 5.74) is 1.22. The normalized spacial score (nSPS) is 12.7. The Morgan fingerprint density at radius 2 is 1.87 bits per heavy atom. The van der Waals surface area contributed by atoms with Gasteiger partial charge < -0.3 is 0 Å². The summed E-state index contributed by atoms with van der Waals surface area (Å²) in [6.07, 6.45) is 0.846. The van der Waals surface area contributed by atoms with Crippen molar-refractivity contribution in [3.63, 3.8) is 0 Å². The Kier molecular flexibility index (Phi) is 3.68. The minimum Gasteiger partial charge on any atom is -0.147 e. The maximum atomic E-state index is 6.30. The fourth-order valence-electron chi connectivity index (χ4n) is 1.40. The van der Waals surface area contributed by atoms with Gasteiger partial charge in [-0.1, -0.05) is 29.8 Å². The van der Waals surface area contributed by atoms with Gasteiger partial charge in [-0.3, -0.25) is 0 Å². The Bertz CT molecular complexity index is 406. The van der Waals surface area contributed by atoms with E-state index in [2.05, 4.69) is 6.07 Å². The predicted octanol–water partition coefficient (Wildman–Crippen LogP) is 4.92. The van der Waals surface area contributed by atoms with E-state index >= 15 is 0 Å². The van der Waals surface area contributed by atoms with Crippen LogP contribution in [0.1, 0.15) is 15.8 Å². The third kappa shape index (κ3) is 2.97. The van der Waals surface area contributed by atoms with Crippen LogP contribution in [-0.2, 0) is 6.42 Å². The molecule has 0 aliphatic carbocycles. The quantitative estimate of drug-likeness (QED) is 0.684. The van der Waals surface area contributed by atoms with Gasteiger partial charge in [0.1, 0.15) is 0 Å². The number of benzene rings is 1. The molecule has 0 radical (unpaired) electrons. The molecule has 0 nitrogen and oxygen atoms in total. The predicted molar refractivity (Wildman–Crippen MR) is 68.1 cm³/mol. The molecule has 2 aromatic rings. The number of halogens is 2. The summed E-state index contributed by atoms with van der Waals surface area (Å²) in [7, 11) is 0. The lowest BCUT2D eigenvalue weighted by molar-refractivity contribution is 0.940. The molecular weight excluding hydrogens is 247 g/mol. The van der Waals surface area contributed by atoms with Gasteiger partial charge in [-0.2, -0.15) is 0 Å². The van der Waals surface area contributed by atoms with Gasteiger partial charge in [0.15, 0.2) is 0 Å². The maximum Gasteiger partial charge on any atom is 0.0718 e. The lowest BCUT2D eigenvalue weighted by atomic mass is 10.1. The van der Waals surface area contributed by atoms with Gasteiger partial charge in [0, 0.05) is 9.90 Å². The molecule has 0 spiro atoms. The Hall–Kier alpha value is -0.500. The van der Waals surface area contributed by atoms with E-state index in [1.54, 1.807) is 11.3 Å². The Balaban J connectivity index is 2.06. The average molecular weight is 257 g/mol. The van der Waals surface area contributed by atoms with Crippen molar-refractivity contribution in [3.8, 4) is 0 Å². The van der Waals surface area contributed by atoms with Gasteiger partial charge in [-0.15, -0.1) is 22.9 Å². The van der Waals surface area contributed by atoms with Crippen molar-refractivity contribution < 1.29 is 0 Å². The highest BCUT2D eigenvalue weighted by atomic mass is 35.5. The molecule has 1 aromatic heterocycles.